The Kier molecular flexibility index (Phi) is 15.2. The van der Waals surface area contributed by atoms with Gasteiger partial charge in [0.25, 0.3) is 5.91 Å². The van der Waals surface area contributed by atoms with Crippen LogP contribution in [-0.4, -0.2) is 99.9 Å². The summed E-state index contributed by atoms with van der Waals surface area (Å²) in [5.41, 5.74) is 2.08. The molecule has 0 aliphatic rings. The number of aryl methyl sites for hydroxylation is 2. The van der Waals surface area contributed by atoms with Gasteiger partial charge in [-0.2, -0.15) is 0 Å². The monoisotopic (exact) mass is 689 g/mol. The molecule has 0 aliphatic heterocycles. The van der Waals surface area contributed by atoms with Crippen LogP contribution >= 0.6 is 0 Å². The van der Waals surface area contributed by atoms with E-state index >= 15 is 0 Å². The Bertz CT molecular complexity index is 1560. The van der Waals surface area contributed by atoms with Crippen LogP contribution in [0.1, 0.15) is 31.8 Å². The van der Waals surface area contributed by atoms with Crippen molar-refractivity contribution in [3.8, 4) is 0 Å². The molecule has 0 aromatic heterocycles. The van der Waals surface area contributed by atoms with Crippen molar-refractivity contribution < 1.29 is 45.4 Å². The van der Waals surface area contributed by atoms with E-state index < -0.39 is 48.8 Å². The molecule has 0 fully saturated rings. The predicted molar refractivity (Wildman–Crippen MR) is 177 cm³/mol. The molecule has 0 saturated carbocycles. The molecule has 11 nitrogen and oxygen atoms in total. The fourth-order valence-corrected chi connectivity index (χ4v) is 7.69. The standard InChI is InChI=1S/C34H43NO10S2/c1-26-4-12-31(13-5-26)46(38,39)24-30(25-47(40,41)32-14-6-27(2)7-15-32)33(36)28-8-10-29(11-9-28)34(37)35-16-17-43-20-21-45-23-22-44-19-18-42-3/h4-15,30H,16-25H2,1-3H3,(H,35,37). The second-order valence-corrected chi connectivity index (χ2v) is 15.0. The van der Waals surface area contributed by atoms with Crippen LogP contribution in [0.25, 0.3) is 0 Å². The normalized spacial score (nSPS) is 11.9. The lowest BCUT2D eigenvalue weighted by atomic mass is 9.99. The van der Waals surface area contributed by atoms with Gasteiger partial charge in [-0.1, -0.05) is 47.5 Å². The van der Waals surface area contributed by atoms with Crippen molar-refractivity contribution in [1.29, 1.82) is 0 Å². The Morgan fingerprint density at radius 3 is 1.45 bits per heavy atom. The number of methoxy groups -OCH3 is 1. The van der Waals surface area contributed by atoms with Crippen molar-refractivity contribution in [1.82, 2.24) is 5.32 Å². The van der Waals surface area contributed by atoms with Gasteiger partial charge >= 0.3 is 0 Å². The fraction of sp³-hybridized carbons (Fsp3) is 0.412. The number of rotatable bonds is 21. The van der Waals surface area contributed by atoms with E-state index in [4.69, 9.17) is 18.9 Å². The van der Waals surface area contributed by atoms with Gasteiger partial charge in [-0.05, 0) is 50.2 Å². The Morgan fingerprint density at radius 1 is 0.596 bits per heavy atom. The molecule has 256 valence electrons. The van der Waals surface area contributed by atoms with Crippen LogP contribution in [0, 0.1) is 19.8 Å². The third-order valence-electron chi connectivity index (χ3n) is 7.11. The zero-order valence-corrected chi connectivity index (χ0v) is 28.6. The molecular formula is C34H43NO10S2. The predicted octanol–water partition coefficient (Wildman–Crippen LogP) is 3.48. The molecule has 0 aliphatic carbocycles. The quantitative estimate of drug-likeness (QED) is 0.130. The van der Waals surface area contributed by atoms with Gasteiger partial charge in [0, 0.05) is 24.8 Å². The summed E-state index contributed by atoms with van der Waals surface area (Å²) in [5.74, 6) is -3.83. The molecule has 1 N–H and O–H groups in total. The summed E-state index contributed by atoms with van der Waals surface area (Å²) < 4.78 is 74.3. The van der Waals surface area contributed by atoms with E-state index in [0.717, 1.165) is 11.1 Å². The topological polar surface area (TPSA) is 151 Å². The smallest absolute Gasteiger partial charge is 0.251 e. The SMILES string of the molecule is COCCOCCOCCOCCNC(=O)c1ccc(C(=O)C(CS(=O)(=O)c2ccc(C)cc2)CS(=O)(=O)c2ccc(C)cc2)cc1. The number of benzene rings is 3. The number of carbonyl (C=O) groups is 2. The van der Waals surface area contributed by atoms with Gasteiger partial charge in [0.2, 0.25) is 0 Å². The molecule has 0 heterocycles. The lowest BCUT2D eigenvalue weighted by Gasteiger charge is -2.17. The van der Waals surface area contributed by atoms with E-state index in [2.05, 4.69) is 5.32 Å². The van der Waals surface area contributed by atoms with Crippen molar-refractivity contribution in [2.75, 3.05) is 71.4 Å². The van der Waals surface area contributed by atoms with E-state index in [9.17, 15) is 26.4 Å². The van der Waals surface area contributed by atoms with Gasteiger partial charge in [-0.3, -0.25) is 9.59 Å². The fourth-order valence-electron chi connectivity index (χ4n) is 4.46. The number of sulfone groups is 2. The maximum Gasteiger partial charge on any atom is 0.251 e. The second-order valence-electron chi connectivity index (χ2n) is 10.9. The van der Waals surface area contributed by atoms with Gasteiger partial charge in [0.05, 0.1) is 73.5 Å². The summed E-state index contributed by atoms with van der Waals surface area (Å²) in [6, 6.07) is 18.0. The van der Waals surface area contributed by atoms with E-state index in [-0.39, 0.29) is 34.1 Å². The number of amides is 1. The molecule has 3 aromatic carbocycles. The first-order valence-corrected chi connectivity index (χ1v) is 18.5. The highest BCUT2D eigenvalue weighted by Crippen LogP contribution is 2.23. The van der Waals surface area contributed by atoms with Gasteiger partial charge in [0.15, 0.2) is 25.5 Å². The average molecular weight is 690 g/mol. The van der Waals surface area contributed by atoms with Crippen molar-refractivity contribution in [2.45, 2.75) is 23.6 Å². The molecule has 3 aromatic rings. The number of nitrogens with one attached hydrogen (secondary N) is 1. The largest absolute Gasteiger partial charge is 0.382 e. The summed E-state index contributed by atoms with van der Waals surface area (Å²) in [6.07, 6.45) is 0. The number of ketones is 1. The Morgan fingerprint density at radius 2 is 1.00 bits per heavy atom. The molecule has 0 radical (unpaired) electrons. The number of Topliss-reactive ketones (excluding diaryl/α,β-unsaturated/α-hetero) is 1. The van der Waals surface area contributed by atoms with Crippen LogP contribution in [-0.2, 0) is 38.6 Å². The molecule has 13 heteroatoms. The van der Waals surface area contributed by atoms with Crippen LogP contribution in [0.3, 0.4) is 0 Å². The molecule has 3 rings (SSSR count). The Hall–Kier alpha value is -3.46. The maximum absolute atomic E-state index is 13.7. The third kappa shape index (κ3) is 12.6. The molecule has 0 atom stereocenters. The second kappa shape index (κ2) is 18.8. The molecule has 0 bridgehead atoms. The van der Waals surface area contributed by atoms with Gasteiger partial charge < -0.3 is 24.3 Å². The van der Waals surface area contributed by atoms with Crippen molar-refractivity contribution in [3.63, 3.8) is 0 Å². The number of carbonyl (C=O) groups excluding carboxylic acids is 2. The van der Waals surface area contributed by atoms with Gasteiger partial charge in [-0.15, -0.1) is 0 Å². The van der Waals surface area contributed by atoms with E-state index in [0.29, 0.717) is 39.6 Å². The first kappa shape index (κ1) is 38.0. The molecule has 47 heavy (non-hydrogen) atoms. The first-order chi connectivity index (χ1) is 22.4. The van der Waals surface area contributed by atoms with Crippen LogP contribution in [0.15, 0.2) is 82.6 Å². The van der Waals surface area contributed by atoms with Gasteiger partial charge in [-0.25, -0.2) is 16.8 Å². The molecule has 0 spiro atoms. The minimum absolute atomic E-state index is 0.000444. The summed E-state index contributed by atoms with van der Waals surface area (Å²) >= 11 is 0. The summed E-state index contributed by atoms with van der Waals surface area (Å²) in [7, 11) is -6.43. The van der Waals surface area contributed by atoms with Crippen LogP contribution in [0.2, 0.25) is 0 Å². The third-order valence-corrected chi connectivity index (χ3v) is 10.8. The zero-order valence-electron chi connectivity index (χ0n) is 27.0. The minimum atomic E-state index is -4.02. The lowest BCUT2D eigenvalue weighted by Crippen LogP contribution is -2.31. The molecule has 0 saturated heterocycles. The summed E-state index contributed by atoms with van der Waals surface area (Å²) in [5, 5.41) is 2.73. The number of ether oxygens (including phenoxy) is 4. The Balaban J connectivity index is 1.60. The van der Waals surface area contributed by atoms with Crippen LogP contribution < -0.4 is 5.32 Å². The van der Waals surface area contributed by atoms with Gasteiger partial charge in [0.1, 0.15) is 0 Å². The zero-order chi connectivity index (χ0) is 34.3. The van der Waals surface area contributed by atoms with E-state index in [1.807, 2.05) is 13.8 Å². The number of hydrogen-bond acceptors (Lipinski definition) is 10. The average Bonchev–Trinajstić information content (AvgIpc) is 3.04. The first-order valence-electron chi connectivity index (χ1n) is 15.2. The summed E-state index contributed by atoms with van der Waals surface area (Å²) in [4.78, 5) is 26.3. The van der Waals surface area contributed by atoms with E-state index in [1.54, 1.807) is 31.4 Å². The highest BCUT2D eigenvalue weighted by Gasteiger charge is 2.33. The van der Waals surface area contributed by atoms with Crippen molar-refractivity contribution >= 4 is 31.4 Å². The van der Waals surface area contributed by atoms with Crippen LogP contribution in [0.4, 0.5) is 0 Å². The molecule has 1 amide bonds. The lowest BCUT2D eigenvalue weighted by molar-refractivity contribution is 0.00415. The number of hydrogen-bond donors (Lipinski definition) is 1. The highest BCUT2D eigenvalue weighted by molar-refractivity contribution is 7.92. The minimum Gasteiger partial charge on any atom is -0.382 e. The van der Waals surface area contributed by atoms with E-state index in [1.165, 1.54) is 48.5 Å². The molecular weight excluding hydrogens is 647 g/mol. The van der Waals surface area contributed by atoms with Crippen LogP contribution in [0.5, 0.6) is 0 Å². The Labute approximate surface area is 277 Å². The van der Waals surface area contributed by atoms with Crippen molar-refractivity contribution in [2.24, 2.45) is 5.92 Å². The highest BCUT2D eigenvalue weighted by atomic mass is 32.2. The maximum atomic E-state index is 13.7. The summed E-state index contributed by atoms with van der Waals surface area (Å²) in [6.45, 7) is 6.82. The van der Waals surface area contributed by atoms with Crippen molar-refractivity contribution in [3.05, 3.63) is 95.1 Å². The molecule has 0 unspecified atom stereocenters.